The van der Waals surface area contributed by atoms with Crippen molar-refractivity contribution in [3.63, 3.8) is 0 Å². The van der Waals surface area contributed by atoms with Crippen LogP contribution in [0.25, 0.3) is 0 Å². The molecule has 0 saturated heterocycles. The molecule has 0 aliphatic carbocycles. The Morgan fingerprint density at radius 2 is 1.93 bits per heavy atom. The molecular weight excluding hydrogens is 412 g/mol. The Morgan fingerprint density at radius 3 is 2.59 bits per heavy atom. The predicted molar refractivity (Wildman–Crippen MR) is 117 cm³/mol. The summed E-state index contributed by atoms with van der Waals surface area (Å²) in [6, 6.07) is 10.1. The fourth-order valence-electron chi connectivity index (χ4n) is 3.13. The summed E-state index contributed by atoms with van der Waals surface area (Å²) < 4.78 is 1.63. The Bertz CT molecular complexity index is 1050. The van der Waals surface area contributed by atoms with E-state index in [1.807, 2.05) is 6.92 Å². The van der Waals surface area contributed by atoms with Crippen molar-refractivity contribution in [1.82, 2.24) is 14.8 Å². The number of pyridine rings is 1. The van der Waals surface area contributed by atoms with Crippen LogP contribution < -0.4 is 16.0 Å². The molecular formula is C19H19ClN6O2S. The number of hydrogen-bond acceptors (Lipinski definition) is 5. The van der Waals surface area contributed by atoms with Gasteiger partial charge in [0.1, 0.15) is 5.82 Å². The molecule has 0 radical (unpaired) electrons. The number of nitrogens with zero attached hydrogens (tertiary/aromatic N) is 4. The quantitative estimate of drug-likeness (QED) is 0.664. The first-order valence-electron chi connectivity index (χ1n) is 8.62. The van der Waals surface area contributed by atoms with Crippen molar-refractivity contribution in [3.8, 4) is 0 Å². The van der Waals surface area contributed by atoms with Crippen LogP contribution in [0, 0.1) is 0 Å². The Balaban J connectivity index is 0.00000240. The van der Waals surface area contributed by atoms with E-state index in [9.17, 15) is 9.59 Å². The van der Waals surface area contributed by atoms with Crippen molar-refractivity contribution >= 4 is 54.1 Å². The third kappa shape index (κ3) is 3.92. The highest BCUT2D eigenvalue weighted by atomic mass is 35.5. The molecule has 0 spiro atoms. The third-order valence-electron chi connectivity index (χ3n) is 4.54. The average Bonchev–Trinajstić information content (AvgIpc) is 3.10. The molecule has 3 heterocycles. The number of nitrogen functional groups attached to an aromatic ring is 1. The topological polar surface area (TPSA) is 106 Å². The summed E-state index contributed by atoms with van der Waals surface area (Å²) in [5.74, 6) is -0.321. The van der Waals surface area contributed by atoms with Gasteiger partial charge in [-0.3, -0.25) is 14.3 Å². The summed E-state index contributed by atoms with van der Waals surface area (Å²) in [6.45, 7) is 2.42. The molecule has 1 aliphatic heterocycles. The van der Waals surface area contributed by atoms with Crippen LogP contribution in [0.3, 0.4) is 0 Å². The monoisotopic (exact) mass is 430 g/mol. The van der Waals surface area contributed by atoms with Crippen molar-refractivity contribution in [2.75, 3.05) is 22.5 Å². The van der Waals surface area contributed by atoms with E-state index in [2.05, 4.69) is 15.4 Å². The van der Waals surface area contributed by atoms with Crippen LogP contribution in [-0.4, -0.2) is 33.1 Å². The van der Waals surface area contributed by atoms with Gasteiger partial charge in [-0.25, -0.2) is 4.98 Å². The van der Waals surface area contributed by atoms with Crippen LogP contribution in [0.4, 0.5) is 17.2 Å². The maximum Gasteiger partial charge on any atom is 0.278 e. The van der Waals surface area contributed by atoms with Gasteiger partial charge in [-0.1, -0.05) is 11.6 Å². The van der Waals surface area contributed by atoms with Crippen LogP contribution in [0.2, 0.25) is 5.02 Å². The summed E-state index contributed by atoms with van der Waals surface area (Å²) >= 11 is 5.95. The summed E-state index contributed by atoms with van der Waals surface area (Å²) in [4.78, 5) is 31.2. The zero-order valence-corrected chi connectivity index (χ0v) is 17.2. The molecule has 3 aromatic rings. The smallest absolute Gasteiger partial charge is 0.278 e. The van der Waals surface area contributed by atoms with Crippen LogP contribution in [0.1, 0.15) is 33.8 Å². The lowest BCUT2D eigenvalue weighted by Gasteiger charge is -2.32. The SMILES string of the molecule is C[C@H]1CN(c2ccc(Cl)cc2)C(=O)c2c(NC(=O)c3ccc(N)nc3)cnn21.S. The molecule has 2 aromatic heterocycles. The van der Waals surface area contributed by atoms with E-state index >= 15 is 0 Å². The van der Waals surface area contributed by atoms with Crippen molar-refractivity contribution in [3.05, 3.63) is 65.1 Å². The van der Waals surface area contributed by atoms with E-state index in [0.29, 0.717) is 34.3 Å². The number of carbonyl (C=O) groups excluding carboxylic acids is 2. The number of nitrogens with two attached hydrogens (primary N) is 1. The van der Waals surface area contributed by atoms with Gasteiger partial charge < -0.3 is 16.0 Å². The minimum Gasteiger partial charge on any atom is -0.384 e. The molecule has 1 aromatic carbocycles. The van der Waals surface area contributed by atoms with Crippen molar-refractivity contribution in [1.29, 1.82) is 0 Å². The lowest BCUT2D eigenvalue weighted by molar-refractivity contribution is 0.0954. The maximum absolute atomic E-state index is 13.1. The molecule has 1 atom stereocenters. The fraction of sp³-hybridized carbons (Fsp3) is 0.158. The maximum atomic E-state index is 13.1. The summed E-state index contributed by atoms with van der Waals surface area (Å²) in [5.41, 5.74) is 7.29. The minimum atomic E-state index is -0.396. The summed E-state index contributed by atoms with van der Waals surface area (Å²) in [7, 11) is 0. The zero-order chi connectivity index (χ0) is 19.8. The molecule has 0 saturated carbocycles. The molecule has 10 heteroatoms. The van der Waals surface area contributed by atoms with E-state index in [0.717, 1.165) is 5.69 Å². The first-order chi connectivity index (χ1) is 13.4. The number of halogens is 1. The molecule has 150 valence electrons. The number of carbonyl (C=O) groups is 2. The number of nitrogens with one attached hydrogen (secondary N) is 1. The number of benzene rings is 1. The summed E-state index contributed by atoms with van der Waals surface area (Å²) in [5, 5.41) is 7.63. The third-order valence-corrected chi connectivity index (χ3v) is 4.79. The van der Waals surface area contributed by atoms with Gasteiger partial charge in [-0.15, -0.1) is 0 Å². The number of amides is 2. The van der Waals surface area contributed by atoms with E-state index in [1.165, 1.54) is 18.5 Å². The lowest BCUT2D eigenvalue weighted by atomic mass is 10.1. The fourth-order valence-corrected chi connectivity index (χ4v) is 3.26. The predicted octanol–water partition coefficient (Wildman–Crippen LogP) is 3.10. The van der Waals surface area contributed by atoms with Crippen LogP contribution in [0.5, 0.6) is 0 Å². The minimum absolute atomic E-state index is 0. The molecule has 8 nitrogen and oxygen atoms in total. The van der Waals surface area contributed by atoms with Crippen molar-refractivity contribution < 1.29 is 9.59 Å². The first-order valence-corrected chi connectivity index (χ1v) is 8.99. The normalized spacial score (nSPS) is 15.4. The second-order valence-corrected chi connectivity index (χ2v) is 6.95. The molecule has 0 unspecified atom stereocenters. The molecule has 2 amide bonds. The molecule has 3 N–H and O–H groups in total. The van der Waals surface area contributed by atoms with Gasteiger partial charge in [-0.05, 0) is 43.3 Å². The van der Waals surface area contributed by atoms with Gasteiger partial charge in [-0.2, -0.15) is 18.6 Å². The highest BCUT2D eigenvalue weighted by Crippen LogP contribution is 2.30. The van der Waals surface area contributed by atoms with E-state index in [4.69, 9.17) is 17.3 Å². The lowest BCUT2D eigenvalue weighted by Crippen LogP contribution is -2.43. The van der Waals surface area contributed by atoms with Gasteiger partial charge in [0.05, 0.1) is 23.5 Å². The second kappa shape index (κ2) is 8.14. The molecule has 1 aliphatic rings. The first kappa shape index (κ1) is 20.7. The van der Waals surface area contributed by atoms with E-state index in [1.54, 1.807) is 39.9 Å². The summed E-state index contributed by atoms with van der Waals surface area (Å²) in [6.07, 6.45) is 2.86. The standard InChI is InChI=1S/C19H17ClN6O2.H2S/c1-11-10-25(14-5-3-13(20)4-6-14)19(28)17-15(9-23-26(11)17)24-18(27)12-2-7-16(21)22-8-12;/h2-9,11H,10H2,1H3,(H2,21,22)(H,24,27);1H2/t11-;/m0./s1. The van der Waals surface area contributed by atoms with Gasteiger partial charge in [0, 0.05) is 23.5 Å². The van der Waals surface area contributed by atoms with Crippen molar-refractivity contribution in [2.24, 2.45) is 0 Å². The molecule has 29 heavy (non-hydrogen) atoms. The molecule has 0 fully saturated rings. The number of anilines is 3. The van der Waals surface area contributed by atoms with Crippen molar-refractivity contribution in [2.45, 2.75) is 13.0 Å². The average molecular weight is 431 g/mol. The Morgan fingerprint density at radius 1 is 1.21 bits per heavy atom. The highest BCUT2D eigenvalue weighted by Gasteiger charge is 2.34. The number of fused-ring (bicyclic) bond motifs is 1. The van der Waals surface area contributed by atoms with Crippen LogP contribution in [-0.2, 0) is 0 Å². The van der Waals surface area contributed by atoms with Gasteiger partial charge in [0.25, 0.3) is 11.8 Å². The van der Waals surface area contributed by atoms with Crippen LogP contribution >= 0.6 is 25.1 Å². The highest BCUT2D eigenvalue weighted by molar-refractivity contribution is 7.59. The van der Waals surface area contributed by atoms with E-state index < -0.39 is 5.91 Å². The van der Waals surface area contributed by atoms with Crippen LogP contribution in [0.15, 0.2) is 48.8 Å². The van der Waals surface area contributed by atoms with Gasteiger partial charge >= 0.3 is 0 Å². The zero-order valence-electron chi connectivity index (χ0n) is 15.5. The van der Waals surface area contributed by atoms with Gasteiger partial charge in [0.15, 0.2) is 5.69 Å². The number of hydrogen-bond donors (Lipinski definition) is 2. The number of aromatic nitrogens is 3. The molecule has 4 rings (SSSR count). The largest absolute Gasteiger partial charge is 0.384 e. The molecule has 0 bridgehead atoms. The second-order valence-electron chi connectivity index (χ2n) is 6.52. The van der Waals surface area contributed by atoms with Gasteiger partial charge in [0.2, 0.25) is 0 Å². The van der Waals surface area contributed by atoms with E-state index in [-0.39, 0.29) is 25.4 Å². The Hall–Kier alpha value is -3.04. The Labute approximate surface area is 179 Å². The Kier molecular flexibility index (Phi) is 5.81. The number of rotatable bonds is 3.